The van der Waals surface area contributed by atoms with Gasteiger partial charge in [0.25, 0.3) is 7.82 Å². The van der Waals surface area contributed by atoms with E-state index in [0.29, 0.717) is 47.2 Å². The molecule has 0 aliphatic heterocycles. The highest BCUT2D eigenvalue weighted by Gasteiger charge is 2.50. The summed E-state index contributed by atoms with van der Waals surface area (Å²) in [6.45, 7) is 13.2. The maximum absolute atomic E-state index is 11.7. The number of hydrogen-bond donors (Lipinski definition) is 3. The highest BCUT2D eigenvalue weighted by molar-refractivity contribution is 7.44. The highest BCUT2D eigenvalue weighted by atomic mass is 31.2. The number of fused-ring (bicyclic) bond motifs is 1. The summed E-state index contributed by atoms with van der Waals surface area (Å²) in [7, 11) is 0.927. The quantitative estimate of drug-likeness (QED) is 0.219. The second-order valence-electron chi connectivity index (χ2n) is 15.0. The first-order chi connectivity index (χ1) is 18.3. The van der Waals surface area contributed by atoms with Gasteiger partial charge in [-0.3, -0.25) is 4.57 Å². The maximum atomic E-state index is 11.7. The Bertz CT molecular complexity index is 1000. The van der Waals surface area contributed by atoms with Crippen LogP contribution in [0, 0.1) is 29.1 Å². The summed E-state index contributed by atoms with van der Waals surface area (Å²) in [4.78, 5) is 21.2. The van der Waals surface area contributed by atoms with Crippen molar-refractivity contribution >= 4 is 7.82 Å². The molecule has 3 rings (SSSR count). The van der Waals surface area contributed by atoms with Gasteiger partial charge < -0.3 is 29.0 Å². The number of quaternary nitrogens is 1. The predicted octanol–water partition coefficient (Wildman–Crippen LogP) is 5.51. The van der Waals surface area contributed by atoms with E-state index in [4.69, 9.17) is 4.52 Å². The molecule has 8 atom stereocenters. The Morgan fingerprint density at radius 2 is 1.95 bits per heavy atom. The summed E-state index contributed by atoms with van der Waals surface area (Å²) in [6, 6.07) is 0. The van der Waals surface area contributed by atoms with E-state index >= 15 is 0 Å². The molecule has 0 heterocycles. The third-order valence-corrected chi connectivity index (χ3v) is 10.6. The zero-order valence-corrected chi connectivity index (χ0v) is 27.0. The summed E-state index contributed by atoms with van der Waals surface area (Å²) in [5.74, 6) is 1.61. The van der Waals surface area contributed by atoms with E-state index < -0.39 is 25.6 Å². The molecule has 0 aromatic rings. The lowest BCUT2D eigenvalue weighted by molar-refractivity contribution is -0.873. The van der Waals surface area contributed by atoms with Gasteiger partial charge in [-0.05, 0) is 105 Å². The minimum absolute atomic E-state index is 0.255. The first-order valence-corrected chi connectivity index (χ1v) is 16.8. The first kappa shape index (κ1) is 33.7. The molecular weight excluding hydrogens is 525 g/mol. The van der Waals surface area contributed by atoms with Crippen LogP contribution in [0.1, 0.15) is 91.9 Å². The Balaban J connectivity index is 1.78. The molecule has 7 nitrogen and oxygen atoms in total. The van der Waals surface area contributed by atoms with E-state index in [1.165, 1.54) is 31.3 Å². The van der Waals surface area contributed by atoms with Crippen LogP contribution in [0.25, 0.3) is 0 Å². The van der Waals surface area contributed by atoms with Crippen LogP contribution in [0.5, 0.6) is 0 Å². The molecule has 3 fully saturated rings. The zero-order chi connectivity index (χ0) is 30.1. The van der Waals surface area contributed by atoms with Crippen LogP contribution in [0.2, 0.25) is 0 Å². The van der Waals surface area contributed by atoms with Crippen molar-refractivity contribution in [3.05, 3.63) is 35.5 Å². The number of aliphatic hydroxyl groups is 2. The SMILES string of the molecule is C=C1/C(=C\C=C2/CCC[C@]3(C)[C@@H]([C@H](C)CCCC(C)(C)O)CC[C@@H]23)C[C@@H](C(C[N+](C)(C)C)OP(=O)([O-])O)C[C@@H]1O. The van der Waals surface area contributed by atoms with Crippen molar-refractivity contribution in [2.75, 3.05) is 27.7 Å². The van der Waals surface area contributed by atoms with Crippen LogP contribution < -0.4 is 4.89 Å². The van der Waals surface area contributed by atoms with Crippen LogP contribution in [0.4, 0.5) is 0 Å². The minimum atomic E-state index is -4.92. The lowest BCUT2D eigenvalue weighted by Gasteiger charge is -2.44. The van der Waals surface area contributed by atoms with Crippen molar-refractivity contribution in [2.45, 2.75) is 110 Å². The molecule has 3 aliphatic rings. The van der Waals surface area contributed by atoms with Gasteiger partial charge >= 0.3 is 0 Å². The number of allylic oxidation sites excluding steroid dienone is 3. The van der Waals surface area contributed by atoms with Gasteiger partial charge in [-0.15, -0.1) is 0 Å². The van der Waals surface area contributed by atoms with Crippen molar-refractivity contribution < 1.29 is 33.6 Å². The molecule has 0 aromatic heterocycles. The normalized spacial score (nSPS) is 35.0. The van der Waals surface area contributed by atoms with E-state index in [0.717, 1.165) is 31.3 Å². The van der Waals surface area contributed by atoms with Crippen LogP contribution >= 0.6 is 7.82 Å². The van der Waals surface area contributed by atoms with Crippen molar-refractivity contribution in [3.63, 3.8) is 0 Å². The fourth-order valence-electron chi connectivity index (χ4n) is 8.06. The van der Waals surface area contributed by atoms with Gasteiger partial charge in [-0.1, -0.05) is 51.0 Å². The predicted molar refractivity (Wildman–Crippen MR) is 159 cm³/mol. The molecule has 3 aliphatic carbocycles. The molecule has 40 heavy (non-hydrogen) atoms. The van der Waals surface area contributed by atoms with Gasteiger partial charge in [-0.2, -0.15) is 0 Å². The molecule has 3 N–H and O–H groups in total. The van der Waals surface area contributed by atoms with Crippen molar-refractivity contribution in [2.24, 2.45) is 29.1 Å². The monoisotopic (exact) mass is 581 g/mol. The number of hydrogen-bond acceptors (Lipinski definition) is 5. The van der Waals surface area contributed by atoms with E-state index in [9.17, 15) is 24.6 Å². The molecule has 0 saturated heterocycles. The van der Waals surface area contributed by atoms with Gasteiger partial charge in [0.15, 0.2) is 0 Å². The summed E-state index contributed by atoms with van der Waals surface area (Å²) in [6.07, 6.45) is 12.8. The van der Waals surface area contributed by atoms with Crippen LogP contribution in [0.3, 0.4) is 0 Å². The number of aliphatic hydroxyl groups excluding tert-OH is 1. The molecule has 0 aromatic carbocycles. The van der Waals surface area contributed by atoms with Gasteiger partial charge in [-0.25, -0.2) is 0 Å². The second kappa shape index (κ2) is 12.8. The largest absolute Gasteiger partial charge is 0.756 e. The molecule has 0 amide bonds. The Hall–Kier alpha value is -0.790. The fraction of sp³-hybridized carbons (Fsp3) is 0.812. The van der Waals surface area contributed by atoms with Crippen molar-refractivity contribution in [3.8, 4) is 0 Å². The fourth-order valence-corrected chi connectivity index (χ4v) is 8.64. The first-order valence-electron chi connectivity index (χ1n) is 15.3. The van der Waals surface area contributed by atoms with Gasteiger partial charge in [0.05, 0.1) is 32.8 Å². The van der Waals surface area contributed by atoms with E-state index in [1.807, 2.05) is 35.0 Å². The third kappa shape index (κ3) is 9.10. The molecule has 8 heteroatoms. The molecule has 3 saturated carbocycles. The Morgan fingerprint density at radius 1 is 1.27 bits per heavy atom. The number of phosphoric ester groups is 1. The molecule has 0 bridgehead atoms. The molecule has 230 valence electrons. The molecule has 2 unspecified atom stereocenters. The minimum Gasteiger partial charge on any atom is -0.756 e. The summed E-state index contributed by atoms with van der Waals surface area (Å²) >= 11 is 0. The third-order valence-electron chi connectivity index (χ3n) is 10.0. The lowest BCUT2D eigenvalue weighted by atomic mass is 9.60. The highest BCUT2D eigenvalue weighted by Crippen LogP contribution is 2.60. The molecule has 0 spiro atoms. The molecule has 0 radical (unpaired) electrons. The Labute approximate surface area is 243 Å². The average Bonchev–Trinajstić information content (AvgIpc) is 3.14. The van der Waals surface area contributed by atoms with Crippen LogP contribution in [-0.4, -0.2) is 65.1 Å². The number of likely N-dealkylation sites (N-methyl/N-ethyl adjacent to an activating group) is 1. The number of rotatable bonds is 11. The van der Waals surface area contributed by atoms with Crippen molar-refractivity contribution in [1.29, 1.82) is 0 Å². The lowest BCUT2D eigenvalue weighted by Crippen LogP contribution is -2.47. The maximum Gasteiger partial charge on any atom is 0.265 e. The van der Waals surface area contributed by atoms with Gasteiger partial charge in [0, 0.05) is 0 Å². The number of phosphoric acid groups is 1. The Kier molecular flexibility index (Phi) is 10.8. The summed E-state index contributed by atoms with van der Waals surface area (Å²) in [5.41, 5.74) is 2.79. The van der Waals surface area contributed by atoms with Crippen molar-refractivity contribution in [1.82, 2.24) is 0 Å². The zero-order valence-electron chi connectivity index (χ0n) is 26.1. The topological polar surface area (TPSA) is 110 Å². The summed E-state index contributed by atoms with van der Waals surface area (Å²) < 4.78 is 17.3. The van der Waals surface area contributed by atoms with E-state index in [1.54, 1.807) is 0 Å². The van der Waals surface area contributed by atoms with Gasteiger partial charge in [0.1, 0.15) is 12.6 Å². The smallest absolute Gasteiger partial charge is 0.265 e. The average molecular weight is 582 g/mol. The van der Waals surface area contributed by atoms with Crippen LogP contribution in [-0.2, 0) is 9.09 Å². The summed E-state index contributed by atoms with van der Waals surface area (Å²) in [5, 5.41) is 21.0. The van der Waals surface area contributed by atoms with E-state index in [-0.39, 0.29) is 11.3 Å². The van der Waals surface area contributed by atoms with E-state index in [2.05, 4.69) is 32.6 Å². The number of nitrogens with zero attached hydrogens (tertiary/aromatic N) is 1. The molecular formula is C32H56NO6P. The standard InChI is InChI=1S/C32H56NO6P/c1-22(11-9-17-31(3,4)35)27-15-16-28-24(12-10-18-32(27,28)5)13-14-25-19-26(20-29(34)23(25)2)30(21-33(6,7)8)39-40(36,37)38/h13-14,22,26-30,34-35H,2,9-12,15-21H2,1,3-8H3,(H-,36,37,38)/b24-13+,25-14-/t22-,26-,27-,28+,29+,30?,32-/m1/s1. The van der Waals surface area contributed by atoms with Gasteiger partial charge in [0.2, 0.25) is 0 Å². The van der Waals surface area contributed by atoms with Crippen LogP contribution in [0.15, 0.2) is 35.5 Å². The second-order valence-corrected chi connectivity index (χ2v) is 16.2. The Morgan fingerprint density at radius 3 is 2.55 bits per heavy atom.